The number of nitrogens with zero attached hydrogens (tertiary/aromatic N) is 1. The Morgan fingerprint density at radius 1 is 1.06 bits per heavy atom. The first-order chi connectivity index (χ1) is 8.79. The second-order valence-corrected chi connectivity index (χ2v) is 4.08. The van der Waals surface area contributed by atoms with Gasteiger partial charge in [-0.15, -0.1) is 0 Å². The van der Waals surface area contributed by atoms with Gasteiger partial charge in [-0.05, 0) is 29.3 Å². The molecule has 0 radical (unpaired) electrons. The van der Waals surface area contributed by atoms with Crippen LogP contribution in [-0.4, -0.2) is 0 Å². The number of rotatable bonds is 4. The molecular formula is C15H15N3. The molecule has 0 aliphatic heterocycles. The summed E-state index contributed by atoms with van der Waals surface area (Å²) in [6, 6.07) is 17.8. The molecule has 0 fully saturated rings. The average molecular weight is 237 g/mol. The Balaban J connectivity index is 1.98. The molecule has 2 rings (SSSR count). The zero-order chi connectivity index (χ0) is 12.8. The Morgan fingerprint density at radius 2 is 1.78 bits per heavy atom. The maximum atomic E-state index is 8.59. The molecule has 0 heterocycles. The maximum absolute atomic E-state index is 8.59. The number of nitrogens with two attached hydrogens (primary N) is 1. The first-order valence-electron chi connectivity index (χ1n) is 5.83. The van der Waals surface area contributed by atoms with E-state index in [1.54, 1.807) is 0 Å². The second kappa shape index (κ2) is 5.74. The Morgan fingerprint density at radius 3 is 2.44 bits per heavy atom. The number of anilines is 2. The third-order valence-corrected chi connectivity index (χ3v) is 2.78. The van der Waals surface area contributed by atoms with Crippen LogP contribution >= 0.6 is 0 Å². The molecule has 90 valence electrons. The van der Waals surface area contributed by atoms with Gasteiger partial charge in [0.2, 0.25) is 0 Å². The molecule has 2 aromatic rings. The van der Waals surface area contributed by atoms with Crippen LogP contribution in [0.15, 0.2) is 48.5 Å². The lowest BCUT2D eigenvalue weighted by Crippen LogP contribution is -2.02. The molecule has 18 heavy (non-hydrogen) atoms. The molecule has 3 N–H and O–H groups in total. The van der Waals surface area contributed by atoms with Crippen molar-refractivity contribution in [3.05, 3.63) is 59.7 Å². The van der Waals surface area contributed by atoms with E-state index in [1.807, 2.05) is 48.5 Å². The van der Waals surface area contributed by atoms with E-state index in [9.17, 15) is 0 Å². The lowest BCUT2D eigenvalue weighted by molar-refractivity contribution is 1.15. The molecule has 0 saturated heterocycles. The van der Waals surface area contributed by atoms with Crippen LogP contribution in [0, 0.1) is 11.3 Å². The highest BCUT2D eigenvalue weighted by Gasteiger charge is 1.98. The van der Waals surface area contributed by atoms with Crippen molar-refractivity contribution in [1.82, 2.24) is 0 Å². The quantitative estimate of drug-likeness (QED) is 0.804. The van der Waals surface area contributed by atoms with E-state index in [2.05, 4.69) is 11.4 Å². The van der Waals surface area contributed by atoms with Gasteiger partial charge in [0.25, 0.3) is 0 Å². The Labute approximate surface area is 107 Å². The monoisotopic (exact) mass is 237 g/mol. The van der Waals surface area contributed by atoms with Crippen LogP contribution in [0.4, 0.5) is 11.4 Å². The first-order valence-corrected chi connectivity index (χ1v) is 5.83. The number of benzene rings is 2. The highest BCUT2D eigenvalue weighted by molar-refractivity contribution is 5.50. The molecule has 3 heteroatoms. The standard InChI is InChI=1S/C15H15N3/c16-10-9-12-5-7-14(8-6-12)18-11-13-3-1-2-4-15(13)17/h1-8,18H,9,11,17H2. The van der Waals surface area contributed by atoms with Crippen molar-refractivity contribution in [3.8, 4) is 6.07 Å². The summed E-state index contributed by atoms with van der Waals surface area (Å²) in [4.78, 5) is 0. The highest BCUT2D eigenvalue weighted by Crippen LogP contribution is 2.14. The fourth-order valence-corrected chi connectivity index (χ4v) is 1.72. The minimum atomic E-state index is 0.450. The summed E-state index contributed by atoms with van der Waals surface area (Å²) in [6.07, 6.45) is 0.450. The summed E-state index contributed by atoms with van der Waals surface area (Å²) in [5.74, 6) is 0. The summed E-state index contributed by atoms with van der Waals surface area (Å²) in [7, 11) is 0. The van der Waals surface area contributed by atoms with Crippen molar-refractivity contribution in [1.29, 1.82) is 5.26 Å². The molecular weight excluding hydrogens is 222 g/mol. The topological polar surface area (TPSA) is 61.8 Å². The van der Waals surface area contributed by atoms with Gasteiger partial charge in [-0.3, -0.25) is 0 Å². The molecule has 0 atom stereocenters. The number of nitrogen functional groups attached to an aromatic ring is 1. The van der Waals surface area contributed by atoms with Crippen molar-refractivity contribution >= 4 is 11.4 Å². The summed E-state index contributed by atoms with van der Waals surface area (Å²) in [6.45, 7) is 0.699. The van der Waals surface area contributed by atoms with Crippen molar-refractivity contribution in [2.75, 3.05) is 11.1 Å². The van der Waals surface area contributed by atoms with E-state index >= 15 is 0 Å². The van der Waals surface area contributed by atoms with E-state index in [0.717, 1.165) is 22.5 Å². The number of nitriles is 1. The first kappa shape index (κ1) is 12.0. The average Bonchev–Trinajstić information content (AvgIpc) is 2.40. The van der Waals surface area contributed by atoms with Crippen LogP contribution < -0.4 is 11.1 Å². The molecule has 0 amide bonds. The fourth-order valence-electron chi connectivity index (χ4n) is 1.72. The van der Waals surface area contributed by atoms with Gasteiger partial charge in [-0.1, -0.05) is 30.3 Å². The molecule has 0 unspecified atom stereocenters. The van der Waals surface area contributed by atoms with Crippen LogP contribution in [0.2, 0.25) is 0 Å². The molecule has 0 aliphatic carbocycles. The lowest BCUT2D eigenvalue weighted by Gasteiger charge is -2.09. The largest absolute Gasteiger partial charge is 0.398 e. The van der Waals surface area contributed by atoms with E-state index in [-0.39, 0.29) is 0 Å². The van der Waals surface area contributed by atoms with Gasteiger partial charge in [-0.25, -0.2) is 0 Å². The van der Waals surface area contributed by atoms with Crippen LogP contribution in [-0.2, 0) is 13.0 Å². The van der Waals surface area contributed by atoms with E-state index in [1.165, 1.54) is 0 Å². The SMILES string of the molecule is N#CCc1ccc(NCc2ccccc2N)cc1. The predicted octanol–water partition coefficient (Wildman–Crippen LogP) is 2.95. The Hall–Kier alpha value is -2.47. The van der Waals surface area contributed by atoms with Gasteiger partial charge < -0.3 is 11.1 Å². The van der Waals surface area contributed by atoms with Gasteiger partial charge in [0, 0.05) is 17.9 Å². The van der Waals surface area contributed by atoms with E-state index < -0.39 is 0 Å². The second-order valence-electron chi connectivity index (χ2n) is 4.08. The number of hydrogen-bond donors (Lipinski definition) is 2. The Bertz CT molecular complexity index is 553. The molecule has 0 spiro atoms. The zero-order valence-electron chi connectivity index (χ0n) is 10.1. The minimum Gasteiger partial charge on any atom is -0.398 e. The molecule has 3 nitrogen and oxygen atoms in total. The zero-order valence-corrected chi connectivity index (χ0v) is 10.1. The normalized spacial score (nSPS) is 9.72. The molecule has 0 aromatic heterocycles. The minimum absolute atomic E-state index is 0.450. The molecule has 0 aliphatic rings. The van der Waals surface area contributed by atoms with Crippen molar-refractivity contribution in [3.63, 3.8) is 0 Å². The van der Waals surface area contributed by atoms with Gasteiger partial charge >= 0.3 is 0 Å². The summed E-state index contributed by atoms with van der Waals surface area (Å²) in [5.41, 5.74) is 9.81. The number of nitrogens with one attached hydrogen (secondary N) is 1. The van der Waals surface area contributed by atoms with Crippen molar-refractivity contribution in [2.45, 2.75) is 13.0 Å². The van der Waals surface area contributed by atoms with Crippen LogP contribution in [0.25, 0.3) is 0 Å². The van der Waals surface area contributed by atoms with E-state index in [0.29, 0.717) is 13.0 Å². The smallest absolute Gasteiger partial charge is 0.0669 e. The number of hydrogen-bond acceptors (Lipinski definition) is 3. The third-order valence-electron chi connectivity index (χ3n) is 2.78. The lowest BCUT2D eigenvalue weighted by atomic mass is 10.1. The third kappa shape index (κ3) is 3.02. The van der Waals surface area contributed by atoms with Gasteiger partial charge in [-0.2, -0.15) is 5.26 Å². The van der Waals surface area contributed by atoms with Gasteiger partial charge in [0.05, 0.1) is 12.5 Å². The molecule has 0 saturated carbocycles. The fraction of sp³-hybridized carbons (Fsp3) is 0.133. The van der Waals surface area contributed by atoms with Crippen LogP contribution in [0.3, 0.4) is 0 Å². The number of para-hydroxylation sites is 1. The van der Waals surface area contributed by atoms with Gasteiger partial charge in [0.1, 0.15) is 0 Å². The summed E-state index contributed by atoms with van der Waals surface area (Å²) < 4.78 is 0. The van der Waals surface area contributed by atoms with E-state index in [4.69, 9.17) is 11.0 Å². The summed E-state index contributed by atoms with van der Waals surface area (Å²) >= 11 is 0. The molecule has 2 aromatic carbocycles. The predicted molar refractivity (Wildman–Crippen MR) is 73.9 cm³/mol. The Kier molecular flexibility index (Phi) is 3.83. The summed E-state index contributed by atoms with van der Waals surface area (Å²) in [5, 5.41) is 11.9. The van der Waals surface area contributed by atoms with Crippen LogP contribution in [0.5, 0.6) is 0 Å². The van der Waals surface area contributed by atoms with Crippen molar-refractivity contribution < 1.29 is 0 Å². The highest BCUT2D eigenvalue weighted by atomic mass is 14.9. The maximum Gasteiger partial charge on any atom is 0.0669 e. The van der Waals surface area contributed by atoms with Gasteiger partial charge in [0.15, 0.2) is 0 Å². The molecule has 0 bridgehead atoms. The van der Waals surface area contributed by atoms with Crippen LogP contribution in [0.1, 0.15) is 11.1 Å². The van der Waals surface area contributed by atoms with Crippen molar-refractivity contribution in [2.24, 2.45) is 0 Å².